The molecule has 3 nitrogen and oxygen atoms in total. The van der Waals surface area contributed by atoms with Gasteiger partial charge in [-0.05, 0) is 25.8 Å². The molecule has 1 fully saturated rings. The first-order chi connectivity index (χ1) is 6.89. The van der Waals surface area contributed by atoms with E-state index < -0.39 is 0 Å². The van der Waals surface area contributed by atoms with Gasteiger partial charge in [0.15, 0.2) is 0 Å². The summed E-state index contributed by atoms with van der Waals surface area (Å²) in [7, 11) is 2.20. The second-order valence-electron chi connectivity index (χ2n) is 5.93. The van der Waals surface area contributed by atoms with Crippen molar-refractivity contribution < 1.29 is 0 Å². The highest BCUT2D eigenvalue weighted by Gasteiger charge is 2.24. The lowest BCUT2D eigenvalue weighted by Crippen LogP contribution is -2.48. The van der Waals surface area contributed by atoms with E-state index in [0.29, 0.717) is 11.5 Å². The normalized spacial score (nSPS) is 23.0. The third-order valence-electron chi connectivity index (χ3n) is 3.12. The fourth-order valence-electron chi connectivity index (χ4n) is 2.55. The van der Waals surface area contributed by atoms with Gasteiger partial charge in [-0.25, -0.2) is 0 Å². The minimum absolute atomic E-state index is 0.312. The molecule has 0 aromatic heterocycles. The molecule has 0 aromatic rings. The molecule has 1 atom stereocenters. The van der Waals surface area contributed by atoms with Crippen LogP contribution >= 0.6 is 0 Å². The lowest BCUT2D eigenvalue weighted by atomic mass is 9.85. The first-order valence-corrected chi connectivity index (χ1v) is 6.05. The summed E-state index contributed by atoms with van der Waals surface area (Å²) in [5.41, 5.74) is 6.23. The molecular weight excluding hydrogens is 186 g/mol. The summed E-state index contributed by atoms with van der Waals surface area (Å²) in [4.78, 5) is 4.97. The van der Waals surface area contributed by atoms with Crippen molar-refractivity contribution in [3.05, 3.63) is 0 Å². The fourth-order valence-corrected chi connectivity index (χ4v) is 2.55. The van der Waals surface area contributed by atoms with Gasteiger partial charge in [-0.15, -0.1) is 0 Å². The fraction of sp³-hybridized carbons (Fsp3) is 1.00. The average molecular weight is 213 g/mol. The number of hydrogen-bond acceptors (Lipinski definition) is 3. The third-order valence-corrected chi connectivity index (χ3v) is 3.12. The van der Waals surface area contributed by atoms with Gasteiger partial charge in [0, 0.05) is 38.8 Å². The summed E-state index contributed by atoms with van der Waals surface area (Å²) in [5, 5.41) is 0. The Morgan fingerprint density at radius 3 is 2.20 bits per heavy atom. The van der Waals surface area contributed by atoms with Crippen LogP contribution in [0.25, 0.3) is 0 Å². The van der Waals surface area contributed by atoms with Gasteiger partial charge in [-0.3, -0.25) is 0 Å². The van der Waals surface area contributed by atoms with E-state index in [1.807, 2.05) is 0 Å². The first kappa shape index (κ1) is 12.9. The zero-order valence-electron chi connectivity index (χ0n) is 10.8. The van der Waals surface area contributed by atoms with Crippen LogP contribution in [0, 0.1) is 5.41 Å². The highest BCUT2D eigenvalue weighted by molar-refractivity contribution is 4.80. The van der Waals surface area contributed by atoms with Crippen molar-refractivity contribution >= 4 is 0 Å². The van der Waals surface area contributed by atoms with E-state index in [0.717, 1.165) is 6.42 Å². The maximum Gasteiger partial charge on any atom is 0.0110 e. The van der Waals surface area contributed by atoms with Crippen LogP contribution in [0.15, 0.2) is 0 Å². The van der Waals surface area contributed by atoms with E-state index in [-0.39, 0.29) is 0 Å². The molecule has 1 aliphatic rings. The molecular formula is C12H27N3. The number of likely N-dealkylation sites (N-methyl/N-ethyl adjacent to an activating group) is 1. The highest BCUT2D eigenvalue weighted by Crippen LogP contribution is 2.23. The van der Waals surface area contributed by atoms with Crippen LogP contribution in [0.2, 0.25) is 0 Å². The molecule has 0 bridgehead atoms. The molecule has 1 unspecified atom stereocenters. The summed E-state index contributed by atoms with van der Waals surface area (Å²) >= 11 is 0. The molecule has 90 valence electrons. The minimum Gasteiger partial charge on any atom is -0.328 e. The minimum atomic E-state index is 0.312. The number of nitrogens with zero attached hydrogens (tertiary/aromatic N) is 2. The predicted octanol–water partition coefficient (Wildman–Crippen LogP) is 0.997. The quantitative estimate of drug-likeness (QED) is 0.756. The number of piperazine rings is 1. The highest BCUT2D eigenvalue weighted by atomic mass is 15.2. The van der Waals surface area contributed by atoms with Gasteiger partial charge in [-0.1, -0.05) is 13.8 Å². The van der Waals surface area contributed by atoms with Crippen molar-refractivity contribution in [1.29, 1.82) is 0 Å². The zero-order valence-corrected chi connectivity index (χ0v) is 10.8. The van der Waals surface area contributed by atoms with Gasteiger partial charge in [0.2, 0.25) is 0 Å². The summed E-state index contributed by atoms with van der Waals surface area (Å²) in [6.45, 7) is 12.8. The standard InChI is InChI=1S/C12H27N3/c1-11(13)9-12(2,3)10-15-7-5-14(4)6-8-15/h11H,5-10,13H2,1-4H3. The zero-order chi connectivity index (χ0) is 11.5. The van der Waals surface area contributed by atoms with Crippen molar-refractivity contribution in [3.8, 4) is 0 Å². The Balaban J connectivity index is 2.33. The Morgan fingerprint density at radius 1 is 1.20 bits per heavy atom. The summed E-state index contributed by atoms with van der Waals surface area (Å²) in [6.07, 6.45) is 1.11. The number of hydrogen-bond donors (Lipinski definition) is 1. The number of nitrogens with two attached hydrogens (primary N) is 1. The molecule has 0 spiro atoms. The monoisotopic (exact) mass is 213 g/mol. The summed E-state index contributed by atoms with van der Waals surface area (Å²) < 4.78 is 0. The van der Waals surface area contributed by atoms with E-state index in [4.69, 9.17) is 5.73 Å². The van der Waals surface area contributed by atoms with Crippen LogP contribution in [0.4, 0.5) is 0 Å². The second kappa shape index (κ2) is 5.28. The van der Waals surface area contributed by atoms with Crippen LogP contribution in [-0.2, 0) is 0 Å². The van der Waals surface area contributed by atoms with Crippen molar-refractivity contribution in [2.24, 2.45) is 11.1 Å². The van der Waals surface area contributed by atoms with Crippen molar-refractivity contribution in [2.75, 3.05) is 39.8 Å². The Morgan fingerprint density at radius 2 is 1.73 bits per heavy atom. The predicted molar refractivity (Wildman–Crippen MR) is 66.0 cm³/mol. The van der Waals surface area contributed by atoms with Gasteiger partial charge in [0.25, 0.3) is 0 Å². The lowest BCUT2D eigenvalue weighted by Gasteiger charge is -2.38. The van der Waals surface area contributed by atoms with Crippen molar-refractivity contribution in [1.82, 2.24) is 9.80 Å². The Hall–Kier alpha value is -0.120. The molecule has 3 heteroatoms. The van der Waals surface area contributed by atoms with E-state index in [1.165, 1.54) is 32.7 Å². The Kier molecular flexibility index (Phi) is 4.56. The largest absolute Gasteiger partial charge is 0.328 e. The van der Waals surface area contributed by atoms with Crippen LogP contribution in [-0.4, -0.2) is 55.6 Å². The van der Waals surface area contributed by atoms with E-state index >= 15 is 0 Å². The molecule has 0 saturated carbocycles. The molecule has 15 heavy (non-hydrogen) atoms. The molecule has 1 saturated heterocycles. The van der Waals surface area contributed by atoms with E-state index in [9.17, 15) is 0 Å². The summed E-state index contributed by atoms with van der Waals surface area (Å²) in [6, 6.07) is 0.312. The van der Waals surface area contributed by atoms with Gasteiger partial charge < -0.3 is 15.5 Å². The Bertz CT molecular complexity index is 181. The molecule has 1 rings (SSSR count). The molecule has 2 N–H and O–H groups in total. The molecule has 1 aliphatic heterocycles. The second-order valence-corrected chi connectivity index (χ2v) is 5.93. The van der Waals surface area contributed by atoms with Crippen molar-refractivity contribution in [2.45, 2.75) is 33.2 Å². The van der Waals surface area contributed by atoms with E-state index in [2.05, 4.69) is 37.6 Å². The maximum atomic E-state index is 5.88. The SMILES string of the molecule is CC(N)CC(C)(C)CN1CCN(C)CC1. The van der Waals surface area contributed by atoms with Gasteiger partial charge in [0.05, 0.1) is 0 Å². The van der Waals surface area contributed by atoms with Crippen LogP contribution < -0.4 is 5.73 Å². The number of rotatable bonds is 4. The first-order valence-electron chi connectivity index (χ1n) is 6.05. The van der Waals surface area contributed by atoms with E-state index in [1.54, 1.807) is 0 Å². The Labute approximate surface area is 94.6 Å². The topological polar surface area (TPSA) is 32.5 Å². The molecule has 0 radical (unpaired) electrons. The van der Waals surface area contributed by atoms with Gasteiger partial charge in [-0.2, -0.15) is 0 Å². The lowest BCUT2D eigenvalue weighted by molar-refractivity contribution is 0.104. The van der Waals surface area contributed by atoms with Crippen LogP contribution in [0.5, 0.6) is 0 Å². The van der Waals surface area contributed by atoms with Crippen LogP contribution in [0.1, 0.15) is 27.2 Å². The van der Waals surface area contributed by atoms with Crippen LogP contribution in [0.3, 0.4) is 0 Å². The molecule has 0 aromatic carbocycles. The maximum absolute atomic E-state index is 5.88. The van der Waals surface area contributed by atoms with Gasteiger partial charge >= 0.3 is 0 Å². The average Bonchev–Trinajstić information content (AvgIpc) is 2.06. The summed E-state index contributed by atoms with van der Waals surface area (Å²) in [5.74, 6) is 0. The van der Waals surface area contributed by atoms with Gasteiger partial charge in [0.1, 0.15) is 0 Å². The smallest absolute Gasteiger partial charge is 0.0110 e. The van der Waals surface area contributed by atoms with Crippen molar-refractivity contribution in [3.63, 3.8) is 0 Å². The molecule has 1 heterocycles. The molecule has 0 aliphatic carbocycles. The molecule has 0 amide bonds. The third kappa shape index (κ3) is 4.96.